The van der Waals surface area contributed by atoms with E-state index in [1.54, 1.807) is 36.4 Å². The van der Waals surface area contributed by atoms with Crippen molar-refractivity contribution >= 4 is 21.6 Å². The lowest BCUT2D eigenvalue weighted by Crippen LogP contribution is -2.70. The standard InChI is InChI=1S/C24H15F13N4OS/c25-19(26,20(27,28)21(29,30)22(31,32)23(33,34)24(35,36)37)9-10-41-11-13(39-40-41)12-42-16-7-3-1-5-14(16)18-38-15-6-2-4-8-17(15)43-18/h1-8,11H,9-10,12H2. The third-order valence-electron chi connectivity index (χ3n) is 6.03. The summed E-state index contributed by atoms with van der Waals surface area (Å²) in [5.41, 5.74) is 1.18. The lowest BCUT2D eigenvalue weighted by atomic mass is 9.92. The first-order valence-electron chi connectivity index (χ1n) is 11.7. The highest BCUT2D eigenvalue weighted by atomic mass is 32.1. The number of hydrogen-bond acceptors (Lipinski definition) is 5. The van der Waals surface area contributed by atoms with Crippen LogP contribution in [0.1, 0.15) is 12.1 Å². The number of benzene rings is 2. The molecular weight excluding hydrogens is 639 g/mol. The molecule has 0 aliphatic heterocycles. The quantitative estimate of drug-likeness (QED) is 0.153. The highest BCUT2D eigenvalue weighted by Crippen LogP contribution is 2.60. The number of alkyl halides is 13. The van der Waals surface area contributed by atoms with Crippen LogP contribution in [0.2, 0.25) is 0 Å². The molecule has 0 saturated carbocycles. The first kappa shape index (κ1) is 32.3. The van der Waals surface area contributed by atoms with Gasteiger partial charge in [0.2, 0.25) is 0 Å². The van der Waals surface area contributed by atoms with Gasteiger partial charge in [0.25, 0.3) is 0 Å². The summed E-state index contributed by atoms with van der Waals surface area (Å²) in [7, 11) is 0. The van der Waals surface area contributed by atoms with Gasteiger partial charge < -0.3 is 4.74 Å². The molecule has 0 radical (unpaired) electrons. The number of nitrogens with zero attached hydrogens (tertiary/aromatic N) is 4. The average Bonchev–Trinajstić information content (AvgIpc) is 3.57. The second-order valence-corrected chi connectivity index (χ2v) is 10.0. The van der Waals surface area contributed by atoms with E-state index < -0.39 is 48.8 Å². The topological polar surface area (TPSA) is 52.8 Å². The molecule has 0 atom stereocenters. The summed E-state index contributed by atoms with van der Waals surface area (Å²) >= 11 is 1.35. The van der Waals surface area contributed by atoms with Crippen LogP contribution in [-0.2, 0) is 13.2 Å². The smallest absolute Gasteiger partial charge is 0.460 e. The summed E-state index contributed by atoms with van der Waals surface area (Å²) in [6, 6.07) is 13.8. The number of para-hydroxylation sites is 2. The van der Waals surface area contributed by atoms with Gasteiger partial charge in [0.15, 0.2) is 0 Å². The van der Waals surface area contributed by atoms with Gasteiger partial charge in [0.05, 0.1) is 22.0 Å². The summed E-state index contributed by atoms with van der Waals surface area (Å²) in [5.74, 6) is -36.8. The van der Waals surface area contributed by atoms with Gasteiger partial charge in [-0.25, -0.2) is 4.98 Å². The van der Waals surface area contributed by atoms with E-state index in [1.165, 1.54) is 11.3 Å². The van der Waals surface area contributed by atoms with Crippen molar-refractivity contribution in [1.82, 2.24) is 20.0 Å². The van der Waals surface area contributed by atoms with Crippen LogP contribution in [0.4, 0.5) is 57.1 Å². The maximum Gasteiger partial charge on any atom is 0.460 e. The van der Waals surface area contributed by atoms with Gasteiger partial charge in [0.1, 0.15) is 23.1 Å². The van der Waals surface area contributed by atoms with Gasteiger partial charge in [-0.1, -0.05) is 29.5 Å². The van der Waals surface area contributed by atoms with Gasteiger partial charge in [-0.3, -0.25) is 4.68 Å². The number of fused-ring (bicyclic) bond motifs is 1. The zero-order chi connectivity index (χ0) is 32.1. The fraction of sp³-hybridized carbons (Fsp3) is 0.375. The fourth-order valence-electron chi connectivity index (χ4n) is 3.64. The second-order valence-electron chi connectivity index (χ2n) is 8.99. The van der Waals surface area contributed by atoms with Crippen LogP contribution in [0, 0.1) is 0 Å². The molecule has 2 aromatic carbocycles. The van der Waals surface area contributed by atoms with Crippen molar-refractivity contribution in [2.45, 2.75) is 55.4 Å². The Bertz CT molecular complexity index is 1550. The van der Waals surface area contributed by atoms with Crippen LogP contribution in [0.3, 0.4) is 0 Å². The highest BCUT2D eigenvalue weighted by Gasteiger charge is 2.90. The fourth-order valence-corrected chi connectivity index (χ4v) is 4.63. The minimum Gasteiger partial charge on any atom is -0.486 e. The summed E-state index contributed by atoms with van der Waals surface area (Å²) < 4.78 is 180. The number of thiazole rings is 1. The van der Waals surface area contributed by atoms with E-state index >= 15 is 0 Å². The zero-order valence-corrected chi connectivity index (χ0v) is 21.7. The average molecular weight is 654 g/mol. The van der Waals surface area contributed by atoms with Crippen LogP contribution in [0.15, 0.2) is 54.7 Å². The highest BCUT2D eigenvalue weighted by molar-refractivity contribution is 7.21. The minimum absolute atomic E-state index is 0.101. The second kappa shape index (κ2) is 10.8. The van der Waals surface area contributed by atoms with Crippen LogP contribution < -0.4 is 4.74 Å². The summed E-state index contributed by atoms with van der Waals surface area (Å²) in [6.45, 7) is -1.79. The largest absolute Gasteiger partial charge is 0.486 e. The molecule has 0 unspecified atom stereocenters. The number of aromatic nitrogens is 4. The maximum absolute atomic E-state index is 14.1. The molecule has 0 bridgehead atoms. The number of aryl methyl sites for hydroxylation is 1. The minimum atomic E-state index is -7.94. The van der Waals surface area contributed by atoms with Crippen LogP contribution in [0.5, 0.6) is 5.75 Å². The SMILES string of the molecule is FC(F)(F)C(F)(F)C(F)(F)C(F)(F)C(F)(F)C(F)(F)CCn1cc(COc2ccccc2-c2nc3ccccc3s2)nn1. The van der Waals surface area contributed by atoms with E-state index in [-0.39, 0.29) is 12.3 Å². The molecule has 43 heavy (non-hydrogen) atoms. The molecule has 5 nitrogen and oxygen atoms in total. The Hall–Kier alpha value is -3.64. The van der Waals surface area contributed by atoms with Crippen molar-refractivity contribution in [3.05, 3.63) is 60.4 Å². The summed E-state index contributed by atoms with van der Waals surface area (Å²) in [5, 5.41) is 7.41. The first-order valence-corrected chi connectivity index (χ1v) is 12.5. The summed E-state index contributed by atoms with van der Waals surface area (Å²) in [4.78, 5) is 4.50. The third kappa shape index (κ3) is 5.58. The van der Waals surface area contributed by atoms with Crippen molar-refractivity contribution in [3.8, 4) is 16.3 Å². The van der Waals surface area contributed by atoms with Crippen LogP contribution in [0.25, 0.3) is 20.8 Å². The lowest BCUT2D eigenvalue weighted by molar-refractivity contribution is -0.440. The predicted octanol–water partition coefficient (Wildman–Crippen LogP) is 8.26. The molecule has 0 aliphatic carbocycles. The van der Waals surface area contributed by atoms with Crippen molar-refractivity contribution in [3.63, 3.8) is 0 Å². The molecule has 0 fully saturated rings. The predicted molar refractivity (Wildman–Crippen MR) is 125 cm³/mol. The Morgan fingerprint density at radius 2 is 1.33 bits per heavy atom. The van der Waals surface area contributed by atoms with Gasteiger partial charge in [0, 0.05) is 13.0 Å². The lowest BCUT2D eigenvalue weighted by Gasteiger charge is -2.39. The van der Waals surface area contributed by atoms with E-state index in [0.717, 1.165) is 16.4 Å². The molecule has 0 saturated heterocycles. The Labute approximate surface area is 235 Å². The molecule has 4 rings (SSSR count). The maximum atomic E-state index is 14.1. The van der Waals surface area contributed by atoms with Crippen molar-refractivity contribution in [2.75, 3.05) is 0 Å². The first-order chi connectivity index (χ1) is 19.7. The molecule has 2 aromatic heterocycles. The van der Waals surface area contributed by atoms with Crippen molar-refractivity contribution < 1.29 is 61.8 Å². The Balaban J connectivity index is 1.45. The molecule has 2 heterocycles. The summed E-state index contributed by atoms with van der Waals surface area (Å²) in [6.07, 6.45) is -9.04. The van der Waals surface area contributed by atoms with Crippen LogP contribution >= 0.6 is 11.3 Å². The number of rotatable bonds is 11. The normalized spacial score (nSPS) is 14.0. The molecule has 234 valence electrons. The van der Waals surface area contributed by atoms with E-state index in [0.29, 0.717) is 21.0 Å². The van der Waals surface area contributed by atoms with Gasteiger partial charge in [-0.15, -0.1) is 16.4 Å². The Morgan fingerprint density at radius 1 is 0.721 bits per heavy atom. The third-order valence-corrected chi connectivity index (χ3v) is 7.10. The van der Waals surface area contributed by atoms with Crippen molar-refractivity contribution in [1.29, 1.82) is 0 Å². The molecule has 4 aromatic rings. The monoisotopic (exact) mass is 654 g/mol. The van der Waals surface area contributed by atoms with E-state index in [4.69, 9.17) is 4.74 Å². The van der Waals surface area contributed by atoms with Crippen LogP contribution in [-0.4, -0.2) is 55.8 Å². The molecule has 0 amide bonds. The Kier molecular flexibility index (Phi) is 8.12. The number of hydrogen-bond donors (Lipinski definition) is 0. The molecule has 0 aliphatic rings. The van der Waals surface area contributed by atoms with E-state index in [1.807, 2.05) is 12.1 Å². The molecule has 19 heteroatoms. The molecular formula is C24H15F13N4OS. The number of halogens is 13. The van der Waals surface area contributed by atoms with Crippen molar-refractivity contribution in [2.24, 2.45) is 0 Å². The van der Waals surface area contributed by atoms with E-state index in [2.05, 4.69) is 15.3 Å². The van der Waals surface area contributed by atoms with E-state index in [9.17, 15) is 57.1 Å². The van der Waals surface area contributed by atoms with Gasteiger partial charge >= 0.3 is 35.8 Å². The van der Waals surface area contributed by atoms with Gasteiger partial charge in [-0.05, 0) is 24.3 Å². The Morgan fingerprint density at radius 3 is 1.98 bits per heavy atom. The molecule has 0 N–H and O–H groups in total. The zero-order valence-electron chi connectivity index (χ0n) is 20.8. The number of ether oxygens (including phenoxy) is 1. The van der Waals surface area contributed by atoms with Gasteiger partial charge in [-0.2, -0.15) is 57.1 Å². The molecule has 0 spiro atoms.